The van der Waals surface area contributed by atoms with Gasteiger partial charge in [-0.2, -0.15) is 0 Å². The van der Waals surface area contributed by atoms with Crippen LogP contribution in [0.4, 0.5) is 10.5 Å². The first kappa shape index (κ1) is 14.8. The van der Waals surface area contributed by atoms with Gasteiger partial charge in [-0.25, -0.2) is 4.79 Å². The molecule has 3 rings (SSSR count). The Bertz CT molecular complexity index is 552. The van der Waals surface area contributed by atoms with E-state index >= 15 is 0 Å². The molecule has 1 aromatic carbocycles. The molecule has 0 bridgehead atoms. The van der Waals surface area contributed by atoms with E-state index in [1.54, 1.807) is 29.2 Å². The molecule has 22 heavy (non-hydrogen) atoms. The van der Waals surface area contributed by atoms with Crippen molar-refractivity contribution in [1.29, 1.82) is 0 Å². The first-order valence-corrected chi connectivity index (χ1v) is 7.73. The molecule has 0 aliphatic carbocycles. The van der Waals surface area contributed by atoms with Gasteiger partial charge < -0.3 is 15.4 Å². The van der Waals surface area contributed by atoms with Gasteiger partial charge in [0.2, 0.25) is 0 Å². The number of anilines is 1. The smallest absolute Gasteiger partial charge is 0.321 e. The van der Waals surface area contributed by atoms with Crippen molar-refractivity contribution < 1.29 is 14.3 Å². The largest absolute Gasteiger partial charge is 0.376 e. The zero-order valence-electron chi connectivity index (χ0n) is 12.7. The molecule has 0 unspecified atom stereocenters. The number of carbonyl (C=O) groups excluding carboxylic acids is 2. The Hall–Kier alpha value is -2.08. The van der Waals surface area contributed by atoms with Crippen LogP contribution in [-0.4, -0.2) is 43.8 Å². The Labute approximate surface area is 129 Å². The normalized spacial score (nSPS) is 22.5. The Balaban J connectivity index is 1.62. The third kappa shape index (κ3) is 3.06. The number of amides is 3. The summed E-state index contributed by atoms with van der Waals surface area (Å²) in [6, 6.07) is 7.01. The van der Waals surface area contributed by atoms with Gasteiger partial charge in [0.1, 0.15) is 0 Å². The summed E-state index contributed by atoms with van der Waals surface area (Å²) in [5.74, 6) is -0.111. The summed E-state index contributed by atoms with van der Waals surface area (Å²) in [5.41, 5.74) is 1.40. The minimum Gasteiger partial charge on any atom is -0.376 e. The number of urea groups is 1. The lowest BCUT2D eigenvalue weighted by molar-refractivity contribution is 0.0712. The van der Waals surface area contributed by atoms with E-state index in [1.165, 1.54) is 0 Å². The van der Waals surface area contributed by atoms with Gasteiger partial charge >= 0.3 is 6.03 Å². The summed E-state index contributed by atoms with van der Waals surface area (Å²) in [7, 11) is 0. The lowest BCUT2D eigenvalue weighted by Crippen LogP contribution is -2.40. The molecule has 0 aromatic heterocycles. The van der Waals surface area contributed by atoms with E-state index in [0.29, 0.717) is 18.7 Å². The van der Waals surface area contributed by atoms with E-state index in [1.807, 2.05) is 6.92 Å². The standard InChI is InChI=1S/C16H21N3O3/c1-11(14-3-2-10-22-14)18-15(20)12-4-6-13(7-5-12)19-9-8-17-16(19)21/h4-7,11,14H,2-3,8-10H2,1H3,(H,17,21)(H,18,20)/t11-,14-/m1/s1. The Kier molecular flexibility index (Phi) is 4.29. The van der Waals surface area contributed by atoms with Gasteiger partial charge in [-0.1, -0.05) is 0 Å². The second-order valence-electron chi connectivity index (χ2n) is 5.74. The minimum absolute atomic E-state index is 0.000892. The number of nitrogens with one attached hydrogen (secondary N) is 2. The summed E-state index contributed by atoms with van der Waals surface area (Å²) in [6.07, 6.45) is 2.15. The van der Waals surface area contributed by atoms with Gasteiger partial charge in [-0.15, -0.1) is 0 Å². The molecule has 2 atom stereocenters. The van der Waals surface area contributed by atoms with Crippen LogP contribution in [0.1, 0.15) is 30.1 Å². The average Bonchev–Trinajstić information content (AvgIpc) is 3.18. The van der Waals surface area contributed by atoms with Crippen molar-refractivity contribution in [2.45, 2.75) is 31.9 Å². The fourth-order valence-electron chi connectivity index (χ4n) is 2.89. The van der Waals surface area contributed by atoms with Crippen molar-refractivity contribution in [2.24, 2.45) is 0 Å². The molecule has 6 heteroatoms. The van der Waals surface area contributed by atoms with Crippen LogP contribution in [0.3, 0.4) is 0 Å². The van der Waals surface area contributed by atoms with Crippen molar-refractivity contribution in [2.75, 3.05) is 24.6 Å². The Morgan fingerprint density at radius 1 is 1.41 bits per heavy atom. The number of carbonyl (C=O) groups is 2. The highest BCUT2D eigenvalue weighted by Crippen LogP contribution is 2.18. The van der Waals surface area contributed by atoms with Gasteiger partial charge in [0.05, 0.1) is 12.1 Å². The number of nitrogens with zero attached hydrogens (tertiary/aromatic N) is 1. The molecule has 2 aliphatic rings. The summed E-state index contributed by atoms with van der Waals surface area (Å²) >= 11 is 0. The molecule has 0 saturated carbocycles. The molecule has 118 valence electrons. The third-order valence-corrected chi connectivity index (χ3v) is 4.18. The number of ether oxygens (including phenoxy) is 1. The van der Waals surface area contributed by atoms with Crippen molar-refractivity contribution in [3.8, 4) is 0 Å². The topological polar surface area (TPSA) is 70.7 Å². The summed E-state index contributed by atoms with van der Waals surface area (Å²) in [5, 5.41) is 5.74. The molecule has 2 saturated heterocycles. The van der Waals surface area contributed by atoms with Gasteiger partial charge in [0, 0.05) is 30.9 Å². The van der Waals surface area contributed by atoms with Crippen LogP contribution in [0.25, 0.3) is 0 Å². The second kappa shape index (κ2) is 6.36. The molecule has 2 heterocycles. The monoisotopic (exact) mass is 303 g/mol. The quantitative estimate of drug-likeness (QED) is 0.886. The van der Waals surface area contributed by atoms with Crippen molar-refractivity contribution >= 4 is 17.6 Å². The molecule has 0 radical (unpaired) electrons. The zero-order chi connectivity index (χ0) is 15.5. The molecule has 2 fully saturated rings. The maximum atomic E-state index is 12.2. The lowest BCUT2D eigenvalue weighted by atomic mass is 10.1. The maximum Gasteiger partial charge on any atom is 0.321 e. The second-order valence-corrected chi connectivity index (χ2v) is 5.74. The molecule has 0 spiro atoms. The van der Waals surface area contributed by atoms with Gasteiger partial charge in [0.15, 0.2) is 0 Å². The predicted octanol–water partition coefficient (Wildman–Crippen LogP) is 1.51. The van der Waals surface area contributed by atoms with E-state index in [4.69, 9.17) is 4.74 Å². The summed E-state index contributed by atoms with van der Waals surface area (Å²) < 4.78 is 5.58. The average molecular weight is 303 g/mol. The van der Waals surface area contributed by atoms with Crippen LogP contribution in [0.5, 0.6) is 0 Å². The molecule has 6 nitrogen and oxygen atoms in total. The fraction of sp³-hybridized carbons (Fsp3) is 0.500. The Morgan fingerprint density at radius 2 is 2.18 bits per heavy atom. The predicted molar refractivity (Wildman–Crippen MR) is 83.1 cm³/mol. The van der Waals surface area contributed by atoms with E-state index in [2.05, 4.69) is 10.6 Å². The molecular formula is C16H21N3O3. The van der Waals surface area contributed by atoms with Crippen molar-refractivity contribution in [1.82, 2.24) is 10.6 Å². The van der Waals surface area contributed by atoms with Crippen molar-refractivity contribution in [3.63, 3.8) is 0 Å². The summed E-state index contributed by atoms with van der Waals surface area (Å²) in [4.78, 5) is 25.5. The molecule has 2 N–H and O–H groups in total. The highest BCUT2D eigenvalue weighted by Gasteiger charge is 2.24. The fourth-order valence-corrected chi connectivity index (χ4v) is 2.89. The SMILES string of the molecule is C[C@@H](NC(=O)c1ccc(N2CCNC2=O)cc1)[C@H]1CCCO1. The zero-order valence-corrected chi connectivity index (χ0v) is 12.7. The van der Waals surface area contributed by atoms with Crippen LogP contribution in [0.2, 0.25) is 0 Å². The highest BCUT2D eigenvalue weighted by atomic mass is 16.5. The highest BCUT2D eigenvalue weighted by molar-refractivity contribution is 5.97. The van der Waals surface area contributed by atoms with E-state index in [0.717, 1.165) is 25.1 Å². The first-order valence-electron chi connectivity index (χ1n) is 7.73. The van der Waals surface area contributed by atoms with Crippen molar-refractivity contribution in [3.05, 3.63) is 29.8 Å². The van der Waals surface area contributed by atoms with E-state index in [-0.39, 0.29) is 24.1 Å². The Morgan fingerprint density at radius 3 is 2.77 bits per heavy atom. The van der Waals surface area contributed by atoms with Gasteiger partial charge in [-0.05, 0) is 44.0 Å². The van der Waals surface area contributed by atoms with Gasteiger partial charge in [0.25, 0.3) is 5.91 Å². The minimum atomic E-state index is -0.111. The molecule has 1 aromatic rings. The molecular weight excluding hydrogens is 282 g/mol. The number of hydrogen-bond acceptors (Lipinski definition) is 3. The van der Waals surface area contributed by atoms with Crippen LogP contribution in [-0.2, 0) is 4.74 Å². The molecule has 3 amide bonds. The lowest BCUT2D eigenvalue weighted by Gasteiger charge is -2.20. The number of benzene rings is 1. The molecule has 2 aliphatic heterocycles. The third-order valence-electron chi connectivity index (χ3n) is 4.18. The number of rotatable bonds is 4. The summed E-state index contributed by atoms with van der Waals surface area (Å²) in [6.45, 7) is 4.05. The van der Waals surface area contributed by atoms with E-state index < -0.39 is 0 Å². The first-order chi connectivity index (χ1) is 10.6. The van der Waals surface area contributed by atoms with Crippen LogP contribution in [0.15, 0.2) is 24.3 Å². The maximum absolute atomic E-state index is 12.2. The van der Waals surface area contributed by atoms with Crippen LogP contribution < -0.4 is 15.5 Å². The van der Waals surface area contributed by atoms with Crippen LogP contribution >= 0.6 is 0 Å². The van der Waals surface area contributed by atoms with Gasteiger partial charge in [-0.3, -0.25) is 9.69 Å². The van der Waals surface area contributed by atoms with Crippen LogP contribution in [0, 0.1) is 0 Å². The number of hydrogen-bond donors (Lipinski definition) is 2. The van der Waals surface area contributed by atoms with E-state index in [9.17, 15) is 9.59 Å².